The topological polar surface area (TPSA) is 90.6 Å². The molecular weight excluding hydrogens is 501 g/mol. The molecule has 0 bridgehead atoms. The summed E-state index contributed by atoms with van der Waals surface area (Å²) in [6, 6.07) is 8.27. The largest absolute Gasteiger partial charge is 0.496 e. The normalized spacial score (nSPS) is 20.7. The Kier molecular flexibility index (Phi) is 6.22. The zero-order chi connectivity index (χ0) is 26.4. The zero-order valence-electron chi connectivity index (χ0n) is 20.4. The fraction of sp³-hybridized carbons (Fsp3) is 0.333. The summed E-state index contributed by atoms with van der Waals surface area (Å²) in [4.78, 5) is 12.8. The van der Waals surface area contributed by atoms with Crippen molar-refractivity contribution in [3.05, 3.63) is 54.6 Å². The van der Waals surface area contributed by atoms with Crippen LogP contribution in [0.25, 0.3) is 33.2 Å². The average molecular weight is 527 g/mol. The summed E-state index contributed by atoms with van der Waals surface area (Å²) in [5.41, 5.74) is 3.31. The summed E-state index contributed by atoms with van der Waals surface area (Å²) in [7, 11) is 1.32. The molecule has 1 saturated carbocycles. The highest BCUT2D eigenvalue weighted by molar-refractivity contribution is 6.02. The third-order valence-corrected chi connectivity index (χ3v) is 6.99. The predicted octanol–water partition coefficient (Wildman–Crippen LogP) is 4.95. The average Bonchev–Trinajstić information content (AvgIpc) is 3.40. The summed E-state index contributed by atoms with van der Waals surface area (Å²) in [5.74, 6) is -1.10. The SMILES string of the molecule is COc1cc(-c2coc3cc(-c4cnn(C5CCNC5)c4)ccc23)cc(OC(F)F)c1C(=O)N[C@@H]1C[C@@H]1F. The molecule has 2 aromatic carbocycles. The maximum absolute atomic E-state index is 13.3. The van der Waals surface area contributed by atoms with Crippen molar-refractivity contribution in [2.24, 2.45) is 0 Å². The van der Waals surface area contributed by atoms with E-state index in [2.05, 4.69) is 15.7 Å². The molecule has 1 unspecified atom stereocenters. The van der Waals surface area contributed by atoms with Crippen LogP contribution in [0.5, 0.6) is 11.5 Å². The third kappa shape index (κ3) is 4.58. The standard InChI is InChI=1S/C27H25F3N4O4/c1-36-23-7-15(8-24(38-27(29)30)25(23)26(35)33-21-9-20(21)28)19-13-37-22-6-14(2-3-18(19)22)16-10-32-34(12-16)17-4-5-31-11-17/h2-3,6-8,10,12-13,17,20-21,27,31H,4-5,9,11H2,1H3,(H,33,35)/t17?,20-,21+/m0/s1. The van der Waals surface area contributed by atoms with Crippen LogP contribution in [0, 0.1) is 0 Å². The number of ether oxygens (including phenoxy) is 2. The van der Waals surface area contributed by atoms with E-state index >= 15 is 0 Å². The Bertz CT molecular complexity index is 1490. The van der Waals surface area contributed by atoms with Gasteiger partial charge in [-0.05, 0) is 48.4 Å². The van der Waals surface area contributed by atoms with Gasteiger partial charge < -0.3 is 24.5 Å². The lowest BCUT2D eigenvalue weighted by Crippen LogP contribution is -2.28. The number of amides is 1. The van der Waals surface area contributed by atoms with Crippen LogP contribution in [0.4, 0.5) is 13.2 Å². The number of hydrogen-bond donors (Lipinski definition) is 2. The Labute approximate surface area is 215 Å². The Morgan fingerprint density at radius 1 is 1.21 bits per heavy atom. The van der Waals surface area contributed by atoms with Crippen molar-refractivity contribution in [3.63, 3.8) is 0 Å². The molecule has 2 fully saturated rings. The third-order valence-electron chi connectivity index (χ3n) is 6.99. The summed E-state index contributed by atoms with van der Waals surface area (Å²) < 4.78 is 57.8. The number of nitrogens with zero attached hydrogens (tertiary/aromatic N) is 2. The van der Waals surface area contributed by atoms with Crippen molar-refractivity contribution in [2.45, 2.75) is 37.7 Å². The minimum atomic E-state index is -3.18. The van der Waals surface area contributed by atoms with E-state index in [1.54, 1.807) is 6.07 Å². The highest BCUT2D eigenvalue weighted by Gasteiger charge is 2.40. The molecule has 0 radical (unpaired) electrons. The van der Waals surface area contributed by atoms with E-state index in [9.17, 15) is 18.0 Å². The van der Waals surface area contributed by atoms with Crippen molar-refractivity contribution in [1.29, 1.82) is 0 Å². The molecule has 1 aliphatic carbocycles. The number of carbonyl (C=O) groups is 1. The minimum Gasteiger partial charge on any atom is -0.496 e. The van der Waals surface area contributed by atoms with Gasteiger partial charge in [0.15, 0.2) is 0 Å². The molecule has 38 heavy (non-hydrogen) atoms. The molecule has 0 spiro atoms. The molecule has 198 valence electrons. The first-order valence-electron chi connectivity index (χ1n) is 12.3. The molecule has 2 N–H and O–H groups in total. The number of methoxy groups -OCH3 is 1. The molecular formula is C27H25F3N4O4. The van der Waals surface area contributed by atoms with Crippen LogP contribution in [0.1, 0.15) is 29.2 Å². The summed E-state index contributed by atoms with van der Waals surface area (Å²) in [6.07, 6.45) is 5.40. The van der Waals surface area contributed by atoms with Crippen molar-refractivity contribution in [1.82, 2.24) is 20.4 Å². The van der Waals surface area contributed by atoms with Crippen molar-refractivity contribution in [2.75, 3.05) is 20.2 Å². The van der Waals surface area contributed by atoms with Gasteiger partial charge in [0.2, 0.25) is 0 Å². The van der Waals surface area contributed by atoms with Gasteiger partial charge in [-0.15, -0.1) is 0 Å². The van der Waals surface area contributed by atoms with E-state index in [1.165, 1.54) is 19.4 Å². The van der Waals surface area contributed by atoms with Gasteiger partial charge in [-0.3, -0.25) is 9.48 Å². The summed E-state index contributed by atoms with van der Waals surface area (Å²) in [5, 5.41) is 11.1. The van der Waals surface area contributed by atoms with Crippen LogP contribution >= 0.6 is 0 Å². The fourth-order valence-electron chi connectivity index (χ4n) is 4.86. The maximum Gasteiger partial charge on any atom is 0.387 e. The van der Waals surface area contributed by atoms with Gasteiger partial charge in [0.1, 0.15) is 28.8 Å². The Balaban J connectivity index is 1.35. The molecule has 2 aliphatic rings. The number of furan rings is 1. The lowest BCUT2D eigenvalue weighted by Gasteiger charge is -2.16. The van der Waals surface area contributed by atoms with Crippen LogP contribution in [-0.4, -0.2) is 54.7 Å². The number of alkyl halides is 3. The number of hydrogen-bond acceptors (Lipinski definition) is 6. The molecule has 4 aromatic rings. The van der Waals surface area contributed by atoms with Crippen molar-refractivity contribution < 1.29 is 31.9 Å². The van der Waals surface area contributed by atoms with Crippen LogP contribution in [0.3, 0.4) is 0 Å². The van der Waals surface area contributed by atoms with Crippen LogP contribution < -0.4 is 20.1 Å². The molecule has 1 aliphatic heterocycles. The number of aromatic nitrogens is 2. The Hall–Kier alpha value is -3.99. The predicted molar refractivity (Wildman–Crippen MR) is 133 cm³/mol. The van der Waals surface area contributed by atoms with Crippen molar-refractivity contribution in [3.8, 4) is 33.8 Å². The zero-order valence-corrected chi connectivity index (χ0v) is 20.4. The number of rotatable bonds is 8. The van der Waals surface area contributed by atoms with E-state index in [0.717, 1.165) is 36.0 Å². The maximum atomic E-state index is 13.3. The first-order valence-corrected chi connectivity index (χ1v) is 12.3. The highest BCUT2D eigenvalue weighted by atomic mass is 19.3. The van der Waals surface area contributed by atoms with Gasteiger partial charge in [0.05, 0.1) is 31.7 Å². The highest BCUT2D eigenvalue weighted by Crippen LogP contribution is 2.40. The number of fused-ring (bicyclic) bond motifs is 1. The van der Waals surface area contributed by atoms with Gasteiger partial charge in [0.25, 0.3) is 5.91 Å². The minimum absolute atomic E-state index is 0.0199. The summed E-state index contributed by atoms with van der Waals surface area (Å²) >= 11 is 0. The molecule has 3 atom stereocenters. The van der Waals surface area contributed by atoms with E-state index in [-0.39, 0.29) is 23.5 Å². The monoisotopic (exact) mass is 526 g/mol. The van der Waals surface area contributed by atoms with Gasteiger partial charge in [-0.1, -0.05) is 6.07 Å². The Morgan fingerprint density at radius 3 is 2.74 bits per heavy atom. The molecule has 6 rings (SSSR count). The van der Waals surface area contributed by atoms with E-state index in [0.29, 0.717) is 22.8 Å². The second-order valence-electron chi connectivity index (χ2n) is 9.48. The van der Waals surface area contributed by atoms with Gasteiger partial charge >= 0.3 is 6.61 Å². The van der Waals surface area contributed by atoms with E-state index < -0.39 is 24.7 Å². The number of carbonyl (C=O) groups excluding carboxylic acids is 1. The molecule has 1 saturated heterocycles. The number of benzene rings is 2. The number of nitrogens with one attached hydrogen (secondary N) is 2. The van der Waals surface area contributed by atoms with Crippen molar-refractivity contribution >= 4 is 16.9 Å². The van der Waals surface area contributed by atoms with Crippen LogP contribution in [0.15, 0.2) is 53.4 Å². The molecule has 11 heteroatoms. The van der Waals surface area contributed by atoms with E-state index in [4.69, 9.17) is 13.9 Å². The first kappa shape index (κ1) is 24.4. The second-order valence-corrected chi connectivity index (χ2v) is 9.48. The lowest BCUT2D eigenvalue weighted by atomic mass is 9.99. The van der Waals surface area contributed by atoms with E-state index in [1.807, 2.05) is 35.3 Å². The fourth-order valence-corrected chi connectivity index (χ4v) is 4.86. The van der Waals surface area contributed by atoms with Crippen LogP contribution in [0.2, 0.25) is 0 Å². The molecule has 8 nitrogen and oxygen atoms in total. The second kappa shape index (κ2) is 9.71. The van der Waals surface area contributed by atoms with Gasteiger partial charge in [-0.25, -0.2) is 4.39 Å². The van der Waals surface area contributed by atoms with Gasteiger partial charge in [0, 0.05) is 35.7 Å². The lowest BCUT2D eigenvalue weighted by molar-refractivity contribution is -0.0502. The smallest absolute Gasteiger partial charge is 0.387 e. The molecule has 1 amide bonds. The quantitative estimate of drug-likeness (QED) is 0.338. The number of halogens is 3. The molecule has 3 heterocycles. The Morgan fingerprint density at radius 2 is 2.03 bits per heavy atom. The summed E-state index contributed by atoms with van der Waals surface area (Å²) in [6.45, 7) is -1.32. The van der Waals surface area contributed by atoms with Gasteiger partial charge in [-0.2, -0.15) is 13.9 Å². The first-order chi connectivity index (χ1) is 18.4. The van der Waals surface area contributed by atoms with Crippen LogP contribution in [-0.2, 0) is 0 Å². The molecule has 2 aromatic heterocycles.